The smallest absolute Gasteiger partial charge is 0.256 e. The minimum Gasteiger partial charge on any atom is -0.468 e. The SMILES string of the molecule is O=S(=O)(/C=C/c1ccccc1)Nc1nccnc1-c1ccc(CNCc2ccco2)cc1. The van der Waals surface area contributed by atoms with E-state index in [0.717, 1.165) is 27.9 Å². The minimum absolute atomic E-state index is 0.175. The van der Waals surface area contributed by atoms with Crippen LogP contribution in [0.2, 0.25) is 0 Å². The first-order valence-electron chi connectivity index (χ1n) is 9.98. The molecule has 2 aromatic carbocycles. The Balaban J connectivity index is 1.45. The van der Waals surface area contributed by atoms with Gasteiger partial charge in [0.1, 0.15) is 11.5 Å². The Morgan fingerprint density at radius 1 is 0.875 bits per heavy atom. The van der Waals surface area contributed by atoms with Gasteiger partial charge in [0.25, 0.3) is 10.0 Å². The minimum atomic E-state index is -3.76. The number of aromatic nitrogens is 2. The predicted molar refractivity (Wildman–Crippen MR) is 125 cm³/mol. The summed E-state index contributed by atoms with van der Waals surface area (Å²) in [5.41, 5.74) is 3.09. The summed E-state index contributed by atoms with van der Waals surface area (Å²) in [6, 6.07) is 20.7. The van der Waals surface area contributed by atoms with Gasteiger partial charge in [0, 0.05) is 24.5 Å². The number of nitrogens with one attached hydrogen (secondary N) is 2. The van der Waals surface area contributed by atoms with Gasteiger partial charge in [-0.1, -0.05) is 54.6 Å². The van der Waals surface area contributed by atoms with Crippen LogP contribution in [0.15, 0.2) is 95.2 Å². The second kappa shape index (κ2) is 10.0. The van der Waals surface area contributed by atoms with Crippen LogP contribution in [0.3, 0.4) is 0 Å². The summed E-state index contributed by atoms with van der Waals surface area (Å²) in [6.07, 6.45) is 6.17. The molecule has 8 heteroatoms. The zero-order valence-corrected chi connectivity index (χ0v) is 18.0. The third kappa shape index (κ3) is 5.90. The molecular formula is C24H22N4O3S. The maximum Gasteiger partial charge on any atom is 0.256 e. The number of rotatable bonds is 9. The van der Waals surface area contributed by atoms with Crippen LogP contribution in [-0.4, -0.2) is 18.4 Å². The molecule has 0 bridgehead atoms. The van der Waals surface area contributed by atoms with Crippen molar-refractivity contribution in [3.63, 3.8) is 0 Å². The molecule has 0 saturated carbocycles. The fourth-order valence-electron chi connectivity index (χ4n) is 3.05. The second-order valence-corrected chi connectivity index (χ2v) is 8.56. The van der Waals surface area contributed by atoms with E-state index in [4.69, 9.17) is 4.42 Å². The van der Waals surface area contributed by atoms with Gasteiger partial charge in [-0.2, -0.15) is 0 Å². The highest BCUT2D eigenvalue weighted by molar-refractivity contribution is 7.95. The van der Waals surface area contributed by atoms with Crippen LogP contribution < -0.4 is 10.0 Å². The fraction of sp³-hybridized carbons (Fsp3) is 0.0833. The zero-order chi connectivity index (χ0) is 22.2. The van der Waals surface area contributed by atoms with Crippen LogP contribution >= 0.6 is 0 Å². The fourth-order valence-corrected chi connectivity index (χ4v) is 3.87. The quantitative estimate of drug-likeness (QED) is 0.395. The van der Waals surface area contributed by atoms with Crippen molar-refractivity contribution in [2.75, 3.05) is 4.72 Å². The lowest BCUT2D eigenvalue weighted by Gasteiger charge is -2.10. The molecule has 0 spiro atoms. The number of sulfonamides is 1. The van der Waals surface area contributed by atoms with Crippen LogP contribution in [0.25, 0.3) is 17.3 Å². The van der Waals surface area contributed by atoms with Crippen LogP contribution in [-0.2, 0) is 23.1 Å². The van der Waals surface area contributed by atoms with Crippen molar-refractivity contribution >= 4 is 21.9 Å². The monoisotopic (exact) mass is 446 g/mol. The number of nitrogens with zero attached hydrogens (tertiary/aromatic N) is 2. The summed E-state index contributed by atoms with van der Waals surface area (Å²) in [6.45, 7) is 1.31. The molecule has 0 aliphatic carbocycles. The molecule has 0 unspecified atom stereocenters. The van der Waals surface area contributed by atoms with E-state index in [9.17, 15) is 8.42 Å². The van der Waals surface area contributed by atoms with Gasteiger partial charge in [0.15, 0.2) is 5.82 Å². The largest absolute Gasteiger partial charge is 0.468 e. The van der Waals surface area contributed by atoms with Crippen LogP contribution in [0.4, 0.5) is 5.82 Å². The summed E-state index contributed by atoms with van der Waals surface area (Å²) in [5.74, 6) is 1.05. The van der Waals surface area contributed by atoms with Crippen LogP contribution in [0, 0.1) is 0 Å². The third-order valence-corrected chi connectivity index (χ3v) is 5.58. The number of hydrogen-bond acceptors (Lipinski definition) is 6. The lowest BCUT2D eigenvalue weighted by atomic mass is 10.1. The molecule has 0 aliphatic heterocycles. The molecule has 0 atom stereocenters. The Kier molecular flexibility index (Phi) is 6.74. The van der Waals surface area contributed by atoms with Gasteiger partial charge in [-0.15, -0.1) is 0 Å². The number of furan rings is 1. The van der Waals surface area contributed by atoms with Gasteiger partial charge in [-0.05, 0) is 29.3 Å². The first-order valence-corrected chi connectivity index (χ1v) is 11.5. The van der Waals surface area contributed by atoms with Crippen molar-refractivity contribution in [2.24, 2.45) is 0 Å². The maximum atomic E-state index is 12.5. The van der Waals surface area contributed by atoms with Gasteiger partial charge in [0.05, 0.1) is 18.2 Å². The molecule has 162 valence electrons. The highest BCUT2D eigenvalue weighted by Gasteiger charge is 2.13. The van der Waals surface area contributed by atoms with E-state index in [1.54, 1.807) is 6.26 Å². The normalized spacial score (nSPS) is 11.6. The molecule has 2 heterocycles. The van der Waals surface area contributed by atoms with Crippen molar-refractivity contribution in [2.45, 2.75) is 13.1 Å². The van der Waals surface area contributed by atoms with E-state index in [-0.39, 0.29) is 5.82 Å². The molecule has 0 radical (unpaired) electrons. The van der Waals surface area contributed by atoms with Crippen molar-refractivity contribution in [1.29, 1.82) is 0 Å². The van der Waals surface area contributed by atoms with E-state index in [0.29, 0.717) is 18.8 Å². The Morgan fingerprint density at radius 3 is 2.41 bits per heavy atom. The van der Waals surface area contributed by atoms with Gasteiger partial charge in [0.2, 0.25) is 0 Å². The van der Waals surface area contributed by atoms with Gasteiger partial charge in [-0.3, -0.25) is 9.71 Å². The van der Waals surface area contributed by atoms with Crippen molar-refractivity contribution < 1.29 is 12.8 Å². The van der Waals surface area contributed by atoms with E-state index in [2.05, 4.69) is 20.0 Å². The molecule has 7 nitrogen and oxygen atoms in total. The zero-order valence-electron chi connectivity index (χ0n) is 17.2. The predicted octanol–water partition coefficient (Wildman–Crippen LogP) is 4.44. The summed E-state index contributed by atoms with van der Waals surface area (Å²) >= 11 is 0. The van der Waals surface area contributed by atoms with E-state index in [1.165, 1.54) is 18.5 Å². The van der Waals surface area contributed by atoms with E-state index < -0.39 is 10.0 Å². The molecule has 4 aromatic rings. The second-order valence-electron chi connectivity index (χ2n) is 6.99. The Morgan fingerprint density at radius 2 is 1.66 bits per heavy atom. The Hall–Kier alpha value is -3.75. The van der Waals surface area contributed by atoms with Crippen LogP contribution in [0.1, 0.15) is 16.9 Å². The lowest BCUT2D eigenvalue weighted by molar-refractivity contribution is 0.483. The number of hydrogen-bond donors (Lipinski definition) is 2. The van der Waals surface area contributed by atoms with Gasteiger partial charge >= 0.3 is 0 Å². The Bertz CT molecular complexity index is 1270. The molecule has 0 amide bonds. The van der Waals surface area contributed by atoms with Gasteiger partial charge < -0.3 is 9.73 Å². The van der Waals surface area contributed by atoms with Crippen LogP contribution in [0.5, 0.6) is 0 Å². The number of benzene rings is 2. The molecule has 2 N–H and O–H groups in total. The van der Waals surface area contributed by atoms with E-state index >= 15 is 0 Å². The first kappa shape index (κ1) is 21.5. The highest BCUT2D eigenvalue weighted by atomic mass is 32.2. The molecule has 2 aromatic heterocycles. The third-order valence-electron chi connectivity index (χ3n) is 4.61. The molecule has 0 aliphatic rings. The lowest BCUT2D eigenvalue weighted by Crippen LogP contribution is -2.12. The summed E-state index contributed by atoms with van der Waals surface area (Å²) < 4.78 is 32.9. The maximum absolute atomic E-state index is 12.5. The number of anilines is 1. The highest BCUT2D eigenvalue weighted by Crippen LogP contribution is 2.25. The summed E-state index contributed by atoms with van der Waals surface area (Å²) in [4.78, 5) is 8.52. The van der Waals surface area contributed by atoms with Crippen molar-refractivity contribution in [1.82, 2.24) is 15.3 Å². The molecule has 0 fully saturated rings. The molecule has 32 heavy (non-hydrogen) atoms. The molecular weight excluding hydrogens is 424 g/mol. The summed E-state index contributed by atoms with van der Waals surface area (Å²) in [5, 5.41) is 4.43. The topological polar surface area (TPSA) is 97.1 Å². The van der Waals surface area contributed by atoms with E-state index in [1.807, 2.05) is 66.7 Å². The molecule has 0 saturated heterocycles. The van der Waals surface area contributed by atoms with Crippen molar-refractivity contribution in [3.8, 4) is 11.3 Å². The van der Waals surface area contributed by atoms with Gasteiger partial charge in [-0.25, -0.2) is 13.4 Å². The Labute approximate surface area is 186 Å². The average molecular weight is 447 g/mol. The average Bonchev–Trinajstić information content (AvgIpc) is 3.33. The molecule has 4 rings (SSSR count). The van der Waals surface area contributed by atoms with Crippen molar-refractivity contribution in [3.05, 3.63) is 108 Å². The summed E-state index contributed by atoms with van der Waals surface area (Å²) in [7, 11) is -3.76. The standard InChI is InChI=1S/C24H22N4O3S/c29-32(30,16-12-19-5-2-1-3-6-19)28-24-23(26-13-14-27-24)21-10-8-20(9-11-21)17-25-18-22-7-4-15-31-22/h1-16,25H,17-18H2,(H,27,28)/b16-12+. The first-order chi connectivity index (χ1) is 15.6.